The summed E-state index contributed by atoms with van der Waals surface area (Å²) < 4.78 is 13.5. The molecule has 19 heavy (non-hydrogen) atoms. The first-order valence-electron chi connectivity index (χ1n) is 6.69. The minimum atomic E-state index is -1.49. The number of hydrogen-bond acceptors (Lipinski definition) is 4. The van der Waals surface area contributed by atoms with Gasteiger partial charge in [0.2, 0.25) is 0 Å². The van der Waals surface area contributed by atoms with Gasteiger partial charge in [0.05, 0.1) is 6.54 Å². The van der Waals surface area contributed by atoms with Crippen molar-refractivity contribution in [2.45, 2.75) is 38.9 Å². The second kappa shape index (κ2) is 6.43. The maximum atomic E-state index is 13.5. The number of thiazole rings is 1. The molecule has 0 radical (unpaired) electrons. The van der Waals surface area contributed by atoms with Crippen molar-refractivity contribution in [3.8, 4) is 0 Å². The van der Waals surface area contributed by atoms with E-state index in [1.807, 2.05) is 6.20 Å². The average Bonchev–Trinajstić information content (AvgIpc) is 2.86. The summed E-state index contributed by atoms with van der Waals surface area (Å²) in [5, 5.41) is 1.11. The predicted octanol–water partition coefficient (Wildman–Crippen LogP) is 1.74. The number of hydrogen-bond donors (Lipinski definition) is 1. The molecule has 1 saturated heterocycles. The first-order valence-corrected chi connectivity index (χ1v) is 7.51. The molecule has 0 aromatic carbocycles. The standard InChI is InChI=1S/C13H20FN3OS/c1-2-10-7-16-11(19-10)8-17-5-3-9(4-6-17)12(14)13(15)18/h7,9,12H,2-6,8H2,1H3,(H2,15,18). The van der Waals surface area contributed by atoms with Crippen LogP contribution in [0.5, 0.6) is 0 Å². The Bertz CT molecular complexity index is 429. The summed E-state index contributed by atoms with van der Waals surface area (Å²) in [4.78, 5) is 18.8. The molecule has 1 aliphatic rings. The van der Waals surface area contributed by atoms with Crippen LogP contribution in [-0.2, 0) is 17.8 Å². The van der Waals surface area contributed by atoms with E-state index in [2.05, 4.69) is 16.8 Å². The highest BCUT2D eigenvalue weighted by molar-refractivity contribution is 7.11. The number of halogens is 1. The van der Waals surface area contributed by atoms with Crippen molar-refractivity contribution in [1.82, 2.24) is 9.88 Å². The number of nitrogens with zero attached hydrogens (tertiary/aromatic N) is 2. The second-order valence-corrected chi connectivity index (χ2v) is 6.19. The summed E-state index contributed by atoms with van der Waals surface area (Å²) in [7, 11) is 0. The van der Waals surface area contributed by atoms with Gasteiger partial charge >= 0.3 is 0 Å². The van der Waals surface area contributed by atoms with Crippen LogP contribution in [0.2, 0.25) is 0 Å². The van der Waals surface area contributed by atoms with E-state index < -0.39 is 12.1 Å². The zero-order valence-corrected chi connectivity index (χ0v) is 12.0. The van der Waals surface area contributed by atoms with Gasteiger partial charge < -0.3 is 5.73 Å². The molecule has 2 heterocycles. The van der Waals surface area contributed by atoms with E-state index in [-0.39, 0.29) is 5.92 Å². The number of carbonyl (C=O) groups is 1. The molecule has 6 heteroatoms. The molecule has 0 saturated carbocycles. The van der Waals surface area contributed by atoms with Crippen LogP contribution in [0.4, 0.5) is 4.39 Å². The number of piperidine rings is 1. The fourth-order valence-corrected chi connectivity index (χ4v) is 3.32. The summed E-state index contributed by atoms with van der Waals surface area (Å²) >= 11 is 1.74. The summed E-state index contributed by atoms with van der Waals surface area (Å²) in [5.74, 6) is -1.04. The molecule has 1 amide bonds. The number of likely N-dealkylation sites (tertiary alicyclic amines) is 1. The maximum absolute atomic E-state index is 13.5. The number of alkyl halides is 1. The largest absolute Gasteiger partial charge is 0.367 e. The number of carbonyl (C=O) groups excluding carboxylic acids is 1. The third-order valence-electron chi connectivity index (χ3n) is 3.63. The van der Waals surface area contributed by atoms with Gasteiger partial charge in [0.15, 0.2) is 6.17 Å². The highest BCUT2D eigenvalue weighted by Crippen LogP contribution is 2.24. The quantitative estimate of drug-likeness (QED) is 0.896. The minimum absolute atomic E-state index is 0.212. The van der Waals surface area contributed by atoms with Gasteiger partial charge in [-0.1, -0.05) is 6.92 Å². The topological polar surface area (TPSA) is 59.2 Å². The molecule has 1 fully saturated rings. The number of amides is 1. The zero-order valence-electron chi connectivity index (χ0n) is 11.1. The van der Waals surface area contributed by atoms with Crippen LogP contribution >= 0.6 is 11.3 Å². The lowest BCUT2D eigenvalue weighted by molar-refractivity contribution is -0.125. The SMILES string of the molecule is CCc1cnc(CN2CCC(C(F)C(N)=O)CC2)s1. The Labute approximate surface area is 116 Å². The van der Waals surface area contributed by atoms with Crippen molar-refractivity contribution in [3.05, 3.63) is 16.1 Å². The monoisotopic (exact) mass is 285 g/mol. The minimum Gasteiger partial charge on any atom is -0.367 e. The molecule has 1 aliphatic heterocycles. The highest BCUT2D eigenvalue weighted by Gasteiger charge is 2.30. The van der Waals surface area contributed by atoms with Gasteiger partial charge in [-0.3, -0.25) is 9.69 Å². The zero-order chi connectivity index (χ0) is 13.8. The Morgan fingerprint density at radius 2 is 2.32 bits per heavy atom. The van der Waals surface area contributed by atoms with E-state index in [1.54, 1.807) is 11.3 Å². The van der Waals surface area contributed by atoms with Crippen LogP contribution in [0.15, 0.2) is 6.20 Å². The second-order valence-electron chi connectivity index (χ2n) is 4.99. The molecule has 0 bridgehead atoms. The van der Waals surface area contributed by atoms with Gasteiger partial charge in [-0.25, -0.2) is 9.37 Å². The Kier molecular flexibility index (Phi) is 4.87. The number of rotatable bonds is 5. The van der Waals surface area contributed by atoms with Crippen LogP contribution in [0.1, 0.15) is 29.7 Å². The maximum Gasteiger partial charge on any atom is 0.252 e. The van der Waals surface area contributed by atoms with Crippen molar-refractivity contribution in [1.29, 1.82) is 0 Å². The van der Waals surface area contributed by atoms with Crippen LogP contribution in [0.25, 0.3) is 0 Å². The van der Waals surface area contributed by atoms with E-state index in [0.29, 0.717) is 12.8 Å². The van der Waals surface area contributed by atoms with E-state index in [0.717, 1.165) is 31.1 Å². The Morgan fingerprint density at radius 1 is 1.63 bits per heavy atom. The molecule has 2 N–H and O–H groups in total. The molecule has 0 aliphatic carbocycles. The summed E-state index contributed by atoms with van der Waals surface area (Å²) in [6.07, 6.45) is 2.83. The van der Waals surface area contributed by atoms with Crippen molar-refractivity contribution in [2.24, 2.45) is 11.7 Å². The average molecular weight is 285 g/mol. The molecular weight excluding hydrogens is 265 g/mol. The van der Waals surface area contributed by atoms with Gasteiger partial charge in [0.25, 0.3) is 5.91 Å². The molecule has 1 unspecified atom stereocenters. The Balaban J connectivity index is 1.81. The van der Waals surface area contributed by atoms with Crippen LogP contribution in [-0.4, -0.2) is 35.1 Å². The first kappa shape index (κ1) is 14.4. The third kappa shape index (κ3) is 3.73. The van der Waals surface area contributed by atoms with Crippen LogP contribution in [0.3, 0.4) is 0 Å². The molecule has 1 atom stereocenters. The summed E-state index contributed by atoms with van der Waals surface area (Å²) in [6, 6.07) is 0. The van der Waals surface area contributed by atoms with Gasteiger partial charge in [-0.05, 0) is 32.4 Å². The molecule has 2 rings (SSSR count). The van der Waals surface area contributed by atoms with E-state index in [4.69, 9.17) is 5.73 Å². The van der Waals surface area contributed by atoms with E-state index >= 15 is 0 Å². The fraction of sp³-hybridized carbons (Fsp3) is 0.692. The van der Waals surface area contributed by atoms with Crippen molar-refractivity contribution < 1.29 is 9.18 Å². The van der Waals surface area contributed by atoms with E-state index in [9.17, 15) is 9.18 Å². The number of aromatic nitrogens is 1. The molecule has 1 aromatic heterocycles. The Hall–Kier alpha value is -1.01. The van der Waals surface area contributed by atoms with Crippen LogP contribution in [0, 0.1) is 5.92 Å². The molecular formula is C13H20FN3OS. The third-order valence-corrected chi connectivity index (χ3v) is 4.75. The normalized spacial score (nSPS) is 19.5. The van der Waals surface area contributed by atoms with Crippen molar-refractivity contribution >= 4 is 17.2 Å². The number of aryl methyl sites for hydroxylation is 1. The van der Waals surface area contributed by atoms with Gasteiger partial charge in [0, 0.05) is 17.0 Å². The lowest BCUT2D eigenvalue weighted by atomic mass is 9.92. The number of nitrogens with two attached hydrogens (primary N) is 1. The lowest BCUT2D eigenvalue weighted by Crippen LogP contribution is -2.40. The number of primary amides is 1. The molecule has 4 nitrogen and oxygen atoms in total. The lowest BCUT2D eigenvalue weighted by Gasteiger charge is -2.31. The van der Waals surface area contributed by atoms with Gasteiger partial charge in [0.1, 0.15) is 5.01 Å². The smallest absolute Gasteiger partial charge is 0.252 e. The van der Waals surface area contributed by atoms with Crippen molar-refractivity contribution in [2.75, 3.05) is 13.1 Å². The van der Waals surface area contributed by atoms with Crippen molar-refractivity contribution in [3.63, 3.8) is 0 Å². The molecule has 106 valence electrons. The molecule has 1 aromatic rings. The Morgan fingerprint density at radius 3 is 2.84 bits per heavy atom. The summed E-state index contributed by atoms with van der Waals surface area (Å²) in [5.41, 5.74) is 5.01. The van der Waals surface area contributed by atoms with Gasteiger partial charge in [-0.15, -0.1) is 11.3 Å². The van der Waals surface area contributed by atoms with Crippen LogP contribution < -0.4 is 5.73 Å². The van der Waals surface area contributed by atoms with Gasteiger partial charge in [-0.2, -0.15) is 0 Å². The fourth-order valence-electron chi connectivity index (χ4n) is 2.41. The van der Waals surface area contributed by atoms with E-state index in [1.165, 1.54) is 4.88 Å². The highest BCUT2D eigenvalue weighted by atomic mass is 32.1. The first-order chi connectivity index (χ1) is 9.10. The molecule has 0 spiro atoms. The predicted molar refractivity (Wildman–Crippen MR) is 73.6 cm³/mol. The summed E-state index contributed by atoms with van der Waals surface area (Å²) in [6.45, 7) is 4.55.